The normalized spacial score (nSPS) is 13.0. The number of benzene rings is 2. The number of esters is 1. The number of aromatic nitrogens is 1. The van der Waals surface area contributed by atoms with Gasteiger partial charge in [0.25, 0.3) is 5.91 Å². The maximum Gasteiger partial charge on any atom is 0.344 e. The van der Waals surface area contributed by atoms with Crippen molar-refractivity contribution in [1.29, 1.82) is 0 Å². The van der Waals surface area contributed by atoms with Crippen LogP contribution in [0.2, 0.25) is 0 Å². The van der Waals surface area contributed by atoms with E-state index in [2.05, 4.69) is 15.6 Å². The van der Waals surface area contributed by atoms with E-state index in [0.29, 0.717) is 23.6 Å². The van der Waals surface area contributed by atoms with Gasteiger partial charge in [0.05, 0.1) is 6.61 Å². The number of H-pyrrole nitrogens is 1. The Bertz CT molecular complexity index is 1100. The predicted octanol–water partition coefficient (Wildman–Crippen LogP) is 3.32. The van der Waals surface area contributed by atoms with Gasteiger partial charge in [-0.15, -0.1) is 0 Å². The zero-order valence-corrected chi connectivity index (χ0v) is 17.1. The van der Waals surface area contributed by atoms with Crippen LogP contribution in [-0.2, 0) is 22.5 Å². The van der Waals surface area contributed by atoms with Gasteiger partial charge in [0.1, 0.15) is 5.75 Å². The summed E-state index contributed by atoms with van der Waals surface area (Å²) < 4.78 is 10.3. The Morgan fingerprint density at radius 1 is 1.17 bits per heavy atom. The van der Waals surface area contributed by atoms with E-state index in [9.17, 15) is 9.59 Å². The molecule has 1 aromatic heterocycles. The molecular weight excluding hydrogens is 382 g/mol. The number of fused-ring (bicyclic) bond motifs is 3. The maximum atomic E-state index is 12.8. The van der Waals surface area contributed by atoms with E-state index in [1.54, 1.807) is 25.1 Å². The molecule has 1 amide bonds. The van der Waals surface area contributed by atoms with Crippen molar-refractivity contribution in [2.24, 2.45) is 0 Å². The molecular formula is C23H25N3O4. The Hall–Kier alpha value is -3.32. The summed E-state index contributed by atoms with van der Waals surface area (Å²) >= 11 is 0. The van der Waals surface area contributed by atoms with Crippen molar-refractivity contribution in [3.8, 4) is 5.75 Å². The molecule has 156 valence electrons. The van der Waals surface area contributed by atoms with Gasteiger partial charge in [0, 0.05) is 34.4 Å². The molecule has 3 N–H and O–H groups in total. The number of aryl methyl sites for hydroxylation is 1. The van der Waals surface area contributed by atoms with Gasteiger partial charge in [0.15, 0.2) is 6.61 Å². The monoisotopic (exact) mass is 407 g/mol. The van der Waals surface area contributed by atoms with Crippen molar-refractivity contribution in [2.45, 2.75) is 26.8 Å². The molecule has 1 aliphatic rings. The van der Waals surface area contributed by atoms with Gasteiger partial charge in [-0.3, -0.25) is 4.79 Å². The molecule has 4 rings (SSSR count). The Balaban J connectivity index is 1.46. The molecule has 0 bridgehead atoms. The smallest absolute Gasteiger partial charge is 0.344 e. The number of hydrogen-bond donors (Lipinski definition) is 3. The summed E-state index contributed by atoms with van der Waals surface area (Å²) in [6.45, 7) is 5.60. The summed E-state index contributed by atoms with van der Waals surface area (Å²) in [4.78, 5) is 27.6. The van der Waals surface area contributed by atoms with E-state index in [-0.39, 0.29) is 12.5 Å². The second-order valence-electron chi connectivity index (χ2n) is 7.29. The summed E-state index contributed by atoms with van der Waals surface area (Å²) in [5.74, 6) is -0.0406. The molecule has 0 atom stereocenters. The molecule has 1 aliphatic heterocycles. The molecule has 0 saturated carbocycles. The number of rotatable bonds is 6. The van der Waals surface area contributed by atoms with Gasteiger partial charge in [-0.2, -0.15) is 0 Å². The maximum absolute atomic E-state index is 12.8. The number of amides is 1. The van der Waals surface area contributed by atoms with E-state index >= 15 is 0 Å². The van der Waals surface area contributed by atoms with Gasteiger partial charge >= 0.3 is 5.97 Å². The fourth-order valence-electron chi connectivity index (χ4n) is 3.72. The molecule has 0 spiro atoms. The van der Waals surface area contributed by atoms with Gasteiger partial charge in [0.2, 0.25) is 0 Å². The fraction of sp³-hybridized carbons (Fsp3) is 0.304. The molecule has 0 saturated heterocycles. The molecule has 30 heavy (non-hydrogen) atoms. The molecule has 2 heterocycles. The minimum atomic E-state index is -0.412. The van der Waals surface area contributed by atoms with E-state index in [4.69, 9.17) is 9.47 Å². The lowest BCUT2D eigenvalue weighted by Gasteiger charge is -2.12. The third-order valence-electron chi connectivity index (χ3n) is 5.22. The molecule has 7 nitrogen and oxygen atoms in total. The summed E-state index contributed by atoms with van der Waals surface area (Å²) in [5, 5.41) is 7.49. The zero-order chi connectivity index (χ0) is 21.1. The van der Waals surface area contributed by atoms with Crippen LogP contribution in [0.3, 0.4) is 0 Å². The first kappa shape index (κ1) is 20.0. The topological polar surface area (TPSA) is 92.4 Å². The van der Waals surface area contributed by atoms with Crippen LogP contribution in [0, 0.1) is 6.92 Å². The summed E-state index contributed by atoms with van der Waals surface area (Å²) in [6, 6.07) is 11.0. The number of aromatic amines is 1. The Morgan fingerprint density at radius 2 is 2.03 bits per heavy atom. The van der Waals surface area contributed by atoms with E-state index < -0.39 is 5.97 Å². The molecule has 3 aromatic rings. The third-order valence-corrected chi connectivity index (χ3v) is 5.22. The Morgan fingerprint density at radius 3 is 2.83 bits per heavy atom. The second-order valence-corrected chi connectivity index (χ2v) is 7.29. The Labute approximate surface area is 174 Å². The molecule has 0 aliphatic carbocycles. The lowest BCUT2D eigenvalue weighted by molar-refractivity contribution is -0.145. The minimum absolute atomic E-state index is 0.144. The first-order valence-corrected chi connectivity index (χ1v) is 10.1. The average molecular weight is 407 g/mol. The van der Waals surface area contributed by atoms with Gasteiger partial charge in [-0.1, -0.05) is 6.07 Å². The van der Waals surface area contributed by atoms with Gasteiger partial charge < -0.3 is 25.1 Å². The van der Waals surface area contributed by atoms with Crippen molar-refractivity contribution in [3.05, 3.63) is 58.8 Å². The highest BCUT2D eigenvalue weighted by Gasteiger charge is 2.16. The predicted molar refractivity (Wildman–Crippen MR) is 115 cm³/mol. The highest BCUT2D eigenvalue weighted by atomic mass is 16.6. The summed E-state index contributed by atoms with van der Waals surface area (Å²) in [5.41, 5.74) is 5.64. The van der Waals surface area contributed by atoms with Crippen LogP contribution in [0.25, 0.3) is 10.9 Å². The summed E-state index contributed by atoms with van der Waals surface area (Å²) in [6.07, 6.45) is 0.991. The number of carbonyl (C=O) groups excluding carboxylic acids is 2. The lowest BCUT2D eigenvalue weighted by atomic mass is 10.0. The summed E-state index contributed by atoms with van der Waals surface area (Å²) in [7, 11) is 0. The van der Waals surface area contributed by atoms with E-state index in [0.717, 1.165) is 30.6 Å². The average Bonchev–Trinajstić information content (AvgIpc) is 3.12. The van der Waals surface area contributed by atoms with Crippen LogP contribution >= 0.6 is 0 Å². The number of ether oxygens (including phenoxy) is 2. The molecule has 0 unspecified atom stereocenters. The van der Waals surface area contributed by atoms with Crippen LogP contribution in [0.1, 0.15) is 34.1 Å². The number of nitrogens with one attached hydrogen (secondary N) is 3. The minimum Gasteiger partial charge on any atom is -0.482 e. The Kier molecular flexibility index (Phi) is 5.72. The van der Waals surface area contributed by atoms with Crippen molar-refractivity contribution in [2.75, 3.05) is 25.1 Å². The fourth-order valence-corrected chi connectivity index (χ4v) is 3.72. The first-order valence-electron chi connectivity index (χ1n) is 10.1. The quantitative estimate of drug-likeness (QED) is 0.545. The largest absolute Gasteiger partial charge is 0.482 e. The van der Waals surface area contributed by atoms with Crippen LogP contribution < -0.4 is 15.4 Å². The first-order chi connectivity index (χ1) is 14.5. The van der Waals surface area contributed by atoms with Crippen LogP contribution in [0.4, 0.5) is 5.69 Å². The molecule has 2 aromatic carbocycles. The van der Waals surface area contributed by atoms with Crippen molar-refractivity contribution in [3.63, 3.8) is 0 Å². The molecule has 0 fully saturated rings. The van der Waals surface area contributed by atoms with E-state index in [1.165, 1.54) is 16.6 Å². The number of anilines is 1. The zero-order valence-electron chi connectivity index (χ0n) is 17.1. The van der Waals surface area contributed by atoms with Crippen LogP contribution in [0.15, 0.2) is 36.4 Å². The highest BCUT2D eigenvalue weighted by molar-refractivity contribution is 6.06. The third kappa shape index (κ3) is 4.16. The lowest BCUT2D eigenvalue weighted by Crippen LogP contribution is -2.22. The molecule has 0 radical (unpaired) electrons. The van der Waals surface area contributed by atoms with Gasteiger partial charge in [-0.05, 0) is 68.3 Å². The number of hydrogen-bond acceptors (Lipinski definition) is 5. The van der Waals surface area contributed by atoms with Gasteiger partial charge in [-0.25, -0.2) is 4.79 Å². The van der Waals surface area contributed by atoms with Crippen molar-refractivity contribution >= 4 is 28.5 Å². The van der Waals surface area contributed by atoms with Crippen LogP contribution in [0.5, 0.6) is 5.75 Å². The van der Waals surface area contributed by atoms with Crippen LogP contribution in [-0.4, -0.2) is 36.6 Å². The van der Waals surface area contributed by atoms with E-state index in [1.807, 2.05) is 25.1 Å². The van der Waals surface area contributed by atoms with Crippen molar-refractivity contribution < 1.29 is 19.1 Å². The molecule has 7 heteroatoms. The second kappa shape index (κ2) is 8.59. The standard InChI is InChI=1S/C23H25N3O4/c1-3-29-22(27)13-30-16-5-7-19(14(2)10-16)26-23(28)15-4-6-17-18-8-9-24-12-21(18)25-20(17)11-15/h4-7,10-11,24-25H,3,8-9,12-13H2,1-2H3,(H,26,28). The van der Waals surface area contributed by atoms with Crippen molar-refractivity contribution in [1.82, 2.24) is 10.3 Å². The highest BCUT2D eigenvalue weighted by Crippen LogP contribution is 2.27. The SMILES string of the molecule is CCOC(=O)COc1ccc(NC(=O)c2ccc3c4c([nH]c3c2)CNCC4)c(C)c1. The number of carbonyl (C=O) groups is 2.